The third kappa shape index (κ3) is 4.34. The van der Waals surface area contributed by atoms with E-state index >= 15 is 0 Å². The standard InChI is InChI=1S/C15H14SeTe/c1-16-15(12-13-8-4-2-5-9-13)17-14-10-6-3-7-11-14/h2-12H,1H3/b15-12+. The van der Waals surface area contributed by atoms with Gasteiger partial charge in [0.2, 0.25) is 0 Å². The molecule has 0 aliphatic carbocycles. The Kier molecular flexibility index (Phi) is 5.36. The van der Waals surface area contributed by atoms with Gasteiger partial charge in [0, 0.05) is 0 Å². The summed E-state index contributed by atoms with van der Waals surface area (Å²) in [6.45, 7) is 0. The van der Waals surface area contributed by atoms with Crippen LogP contribution < -0.4 is 3.61 Å². The Bertz CT molecular complexity index is 477. The monoisotopic (exact) mass is 404 g/mol. The molecule has 0 fully saturated rings. The van der Waals surface area contributed by atoms with Crippen LogP contribution in [0.1, 0.15) is 5.56 Å². The van der Waals surface area contributed by atoms with Crippen LogP contribution in [-0.2, 0) is 0 Å². The molecule has 0 atom stereocenters. The summed E-state index contributed by atoms with van der Waals surface area (Å²) in [6.07, 6.45) is 2.38. The molecule has 0 bridgehead atoms. The fourth-order valence-corrected chi connectivity index (χ4v) is 6.77. The quantitative estimate of drug-likeness (QED) is 0.692. The number of hydrogen-bond donors (Lipinski definition) is 0. The molecule has 0 unspecified atom stereocenters. The van der Waals surface area contributed by atoms with Gasteiger partial charge < -0.3 is 0 Å². The van der Waals surface area contributed by atoms with Crippen molar-refractivity contribution in [1.29, 1.82) is 0 Å². The maximum atomic E-state index is 2.38. The Morgan fingerprint density at radius 1 is 0.941 bits per heavy atom. The van der Waals surface area contributed by atoms with Crippen molar-refractivity contribution in [2.75, 3.05) is 0 Å². The third-order valence-electron chi connectivity index (χ3n) is 2.25. The van der Waals surface area contributed by atoms with E-state index in [0.29, 0.717) is 15.0 Å². The van der Waals surface area contributed by atoms with Crippen molar-refractivity contribution in [2.24, 2.45) is 0 Å². The Morgan fingerprint density at radius 3 is 2.12 bits per heavy atom. The van der Waals surface area contributed by atoms with E-state index in [1.165, 1.54) is 9.17 Å². The average Bonchev–Trinajstić information content (AvgIpc) is 2.40. The van der Waals surface area contributed by atoms with Gasteiger partial charge in [-0.05, 0) is 0 Å². The zero-order valence-corrected chi connectivity index (χ0v) is 13.7. The first-order valence-electron chi connectivity index (χ1n) is 5.42. The topological polar surface area (TPSA) is 0 Å². The predicted octanol–water partition coefficient (Wildman–Crippen LogP) is 2.77. The van der Waals surface area contributed by atoms with Crippen LogP contribution in [0.2, 0.25) is 5.82 Å². The summed E-state index contributed by atoms with van der Waals surface area (Å²) in [5, 5.41) is 0. The third-order valence-corrected chi connectivity index (χ3v) is 9.34. The minimum absolute atomic E-state index is 0.167. The summed E-state index contributed by atoms with van der Waals surface area (Å²) in [5.41, 5.74) is 1.34. The first-order valence-corrected chi connectivity index (χ1v) is 10.3. The molecular formula is C15H14SeTe. The minimum atomic E-state index is -0.167. The molecule has 2 heteroatoms. The Hall–Kier alpha value is -0.511. The van der Waals surface area contributed by atoms with Crippen molar-refractivity contribution >= 4 is 45.6 Å². The molecular weight excluding hydrogens is 387 g/mol. The van der Waals surface area contributed by atoms with Crippen molar-refractivity contribution in [3.63, 3.8) is 0 Å². The summed E-state index contributed by atoms with van der Waals surface area (Å²) in [6, 6.07) is 21.5. The summed E-state index contributed by atoms with van der Waals surface area (Å²) in [4.78, 5) is 0. The zero-order valence-electron chi connectivity index (χ0n) is 9.67. The molecule has 2 rings (SSSR count). The van der Waals surface area contributed by atoms with Gasteiger partial charge in [0.05, 0.1) is 0 Å². The van der Waals surface area contributed by atoms with Gasteiger partial charge in [-0.25, -0.2) is 0 Å². The molecule has 0 saturated heterocycles. The van der Waals surface area contributed by atoms with Gasteiger partial charge in [0.1, 0.15) is 0 Å². The molecule has 0 saturated carbocycles. The van der Waals surface area contributed by atoms with E-state index in [-0.39, 0.29) is 20.9 Å². The molecule has 0 aliphatic rings. The number of rotatable bonds is 4. The zero-order chi connectivity index (χ0) is 11.9. The second-order valence-electron chi connectivity index (χ2n) is 3.49. The molecule has 17 heavy (non-hydrogen) atoms. The van der Waals surface area contributed by atoms with Crippen molar-refractivity contribution in [3.8, 4) is 0 Å². The van der Waals surface area contributed by atoms with E-state index in [1.807, 2.05) is 0 Å². The number of hydrogen-bond acceptors (Lipinski definition) is 0. The molecule has 0 amide bonds. The van der Waals surface area contributed by atoms with E-state index < -0.39 is 0 Å². The van der Waals surface area contributed by atoms with E-state index in [1.54, 1.807) is 2.52 Å². The van der Waals surface area contributed by atoms with Gasteiger partial charge in [-0.15, -0.1) is 0 Å². The normalized spacial score (nSPS) is 11.5. The predicted molar refractivity (Wildman–Crippen MR) is 77.9 cm³/mol. The van der Waals surface area contributed by atoms with Crippen LogP contribution in [0.25, 0.3) is 6.08 Å². The van der Waals surface area contributed by atoms with Gasteiger partial charge in [0.25, 0.3) is 0 Å². The summed E-state index contributed by atoms with van der Waals surface area (Å²) < 4.78 is 3.20. The summed E-state index contributed by atoms with van der Waals surface area (Å²) in [5.74, 6) is 2.31. The molecule has 0 nitrogen and oxygen atoms in total. The molecule has 0 heterocycles. The molecule has 2 aromatic rings. The maximum absolute atomic E-state index is 2.38. The van der Waals surface area contributed by atoms with Crippen LogP contribution in [0.3, 0.4) is 0 Å². The molecule has 0 aromatic heterocycles. The van der Waals surface area contributed by atoms with E-state index in [9.17, 15) is 0 Å². The van der Waals surface area contributed by atoms with Crippen LogP contribution in [0.4, 0.5) is 0 Å². The van der Waals surface area contributed by atoms with Crippen molar-refractivity contribution in [1.82, 2.24) is 0 Å². The van der Waals surface area contributed by atoms with Crippen molar-refractivity contribution in [3.05, 3.63) is 68.7 Å². The van der Waals surface area contributed by atoms with Crippen LogP contribution in [-0.4, -0.2) is 35.9 Å². The van der Waals surface area contributed by atoms with Gasteiger partial charge >= 0.3 is 120 Å². The SMILES string of the molecule is C[Se]/C(=C\c1ccccc1)[Te]c1ccccc1. The van der Waals surface area contributed by atoms with Gasteiger partial charge in [-0.1, -0.05) is 0 Å². The van der Waals surface area contributed by atoms with Gasteiger partial charge in [0.15, 0.2) is 0 Å². The Morgan fingerprint density at radius 2 is 1.53 bits per heavy atom. The van der Waals surface area contributed by atoms with Crippen LogP contribution in [0.5, 0.6) is 0 Å². The fourth-order valence-electron chi connectivity index (χ4n) is 1.42. The second-order valence-corrected chi connectivity index (χ2v) is 10.3. The van der Waals surface area contributed by atoms with Crippen LogP contribution in [0.15, 0.2) is 63.2 Å². The summed E-state index contributed by atoms with van der Waals surface area (Å²) in [7, 11) is 0. The molecule has 0 spiro atoms. The van der Waals surface area contributed by atoms with Crippen LogP contribution >= 0.6 is 0 Å². The first-order chi connectivity index (χ1) is 8.38. The van der Waals surface area contributed by atoms with E-state index in [4.69, 9.17) is 0 Å². The fraction of sp³-hybridized carbons (Fsp3) is 0.0667. The van der Waals surface area contributed by atoms with E-state index in [0.717, 1.165) is 0 Å². The molecule has 2 aromatic carbocycles. The van der Waals surface area contributed by atoms with Crippen molar-refractivity contribution < 1.29 is 0 Å². The molecule has 0 aliphatic heterocycles. The molecule has 86 valence electrons. The van der Waals surface area contributed by atoms with E-state index in [2.05, 4.69) is 72.6 Å². The second kappa shape index (κ2) is 7.04. The molecule has 0 radical (unpaired) electrons. The van der Waals surface area contributed by atoms with Gasteiger partial charge in [-0.2, -0.15) is 0 Å². The number of benzene rings is 2. The van der Waals surface area contributed by atoms with Crippen LogP contribution in [0, 0.1) is 0 Å². The average molecular weight is 401 g/mol. The molecule has 0 N–H and O–H groups in total. The Labute approximate surface area is 119 Å². The van der Waals surface area contributed by atoms with Gasteiger partial charge in [-0.3, -0.25) is 0 Å². The summed E-state index contributed by atoms with van der Waals surface area (Å²) >= 11 is 0.452. The van der Waals surface area contributed by atoms with Crippen molar-refractivity contribution in [2.45, 2.75) is 5.82 Å². The first kappa shape index (κ1) is 12.9. The Balaban J connectivity index is 2.15.